The van der Waals surface area contributed by atoms with Crippen molar-refractivity contribution >= 4 is 29.3 Å². The maximum atomic E-state index is 12.5. The Kier molecular flexibility index (Phi) is 7.16. The minimum atomic E-state index is -0.194. The van der Waals surface area contributed by atoms with Crippen LogP contribution in [0.1, 0.15) is 44.6 Å². The molecule has 1 atom stereocenters. The van der Waals surface area contributed by atoms with Crippen molar-refractivity contribution in [2.75, 3.05) is 18.1 Å². The Morgan fingerprint density at radius 1 is 1.21 bits per heavy atom. The van der Waals surface area contributed by atoms with Crippen molar-refractivity contribution < 1.29 is 9.59 Å². The van der Waals surface area contributed by atoms with E-state index in [-0.39, 0.29) is 17.1 Å². The first kappa shape index (κ1) is 18.8. The number of carbonyl (C=O) groups excluding carboxylic acids is 2. The highest BCUT2D eigenvalue weighted by atomic mass is 32.2. The summed E-state index contributed by atoms with van der Waals surface area (Å²) in [6.07, 6.45) is 5.91. The Morgan fingerprint density at radius 3 is 2.46 bits per heavy atom. The van der Waals surface area contributed by atoms with Crippen LogP contribution in [0.15, 0.2) is 24.3 Å². The molecule has 4 nitrogen and oxygen atoms in total. The molecule has 0 spiro atoms. The van der Waals surface area contributed by atoms with E-state index in [1.165, 1.54) is 31.0 Å². The van der Waals surface area contributed by atoms with Gasteiger partial charge in [-0.1, -0.05) is 37.0 Å². The van der Waals surface area contributed by atoms with Gasteiger partial charge < -0.3 is 10.2 Å². The van der Waals surface area contributed by atoms with Crippen LogP contribution in [-0.2, 0) is 9.59 Å². The molecule has 1 aliphatic carbocycles. The van der Waals surface area contributed by atoms with E-state index in [0.717, 1.165) is 24.1 Å². The third kappa shape index (κ3) is 5.55. The summed E-state index contributed by atoms with van der Waals surface area (Å²) in [5.74, 6) is 0.359. The van der Waals surface area contributed by atoms with Crippen molar-refractivity contribution in [3.63, 3.8) is 0 Å². The maximum Gasteiger partial charge on any atom is 0.235 e. The molecule has 1 fully saturated rings. The molecule has 1 aromatic carbocycles. The van der Waals surface area contributed by atoms with Crippen molar-refractivity contribution in [2.24, 2.45) is 0 Å². The largest absolute Gasteiger partial charge is 0.342 e. The van der Waals surface area contributed by atoms with Gasteiger partial charge in [-0.05, 0) is 38.8 Å². The van der Waals surface area contributed by atoms with E-state index in [4.69, 9.17) is 0 Å². The number of amides is 2. The number of benzene rings is 1. The van der Waals surface area contributed by atoms with E-state index in [0.29, 0.717) is 11.8 Å². The fourth-order valence-corrected chi connectivity index (χ4v) is 3.82. The predicted octanol–water partition coefficient (Wildman–Crippen LogP) is 3.85. The number of nitrogens with one attached hydrogen (secondary N) is 1. The van der Waals surface area contributed by atoms with E-state index in [9.17, 15) is 9.59 Å². The van der Waals surface area contributed by atoms with Gasteiger partial charge in [-0.15, -0.1) is 11.8 Å². The predicted molar refractivity (Wildman–Crippen MR) is 101 cm³/mol. The second-order valence-electron chi connectivity index (χ2n) is 6.61. The number of hydrogen-bond acceptors (Lipinski definition) is 3. The van der Waals surface area contributed by atoms with Crippen LogP contribution in [0.5, 0.6) is 0 Å². The molecule has 132 valence electrons. The number of anilines is 1. The van der Waals surface area contributed by atoms with Gasteiger partial charge in [0.25, 0.3) is 0 Å². The lowest BCUT2D eigenvalue weighted by Gasteiger charge is -2.32. The minimum absolute atomic E-state index is 0.0659. The smallest absolute Gasteiger partial charge is 0.235 e. The fraction of sp³-hybridized carbons (Fsp3) is 0.579. The zero-order valence-corrected chi connectivity index (χ0v) is 15.7. The molecule has 1 aliphatic rings. The van der Waals surface area contributed by atoms with Crippen molar-refractivity contribution in [3.8, 4) is 0 Å². The monoisotopic (exact) mass is 348 g/mol. The van der Waals surface area contributed by atoms with Gasteiger partial charge in [-0.2, -0.15) is 0 Å². The number of hydrogen-bond donors (Lipinski definition) is 1. The molecule has 0 radical (unpaired) electrons. The van der Waals surface area contributed by atoms with Gasteiger partial charge in [0.1, 0.15) is 0 Å². The second-order valence-corrected chi connectivity index (χ2v) is 7.94. The Labute approximate surface area is 149 Å². The zero-order valence-electron chi connectivity index (χ0n) is 14.9. The molecular formula is C19H28N2O2S. The average Bonchev–Trinajstić information content (AvgIpc) is 2.61. The van der Waals surface area contributed by atoms with Crippen LogP contribution < -0.4 is 5.32 Å². The topological polar surface area (TPSA) is 49.4 Å². The van der Waals surface area contributed by atoms with Gasteiger partial charge in [0.05, 0.1) is 11.0 Å². The van der Waals surface area contributed by atoms with Crippen molar-refractivity contribution in [1.82, 2.24) is 4.90 Å². The molecule has 5 heteroatoms. The van der Waals surface area contributed by atoms with E-state index >= 15 is 0 Å². The summed E-state index contributed by atoms with van der Waals surface area (Å²) >= 11 is 1.40. The lowest BCUT2D eigenvalue weighted by atomic mass is 9.94. The Morgan fingerprint density at radius 2 is 1.83 bits per heavy atom. The number of nitrogens with zero attached hydrogens (tertiary/aromatic N) is 1. The van der Waals surface area contributed by atoms with E-state index in [1.54, 1.807) is 0 Å². The summed E-state index contributed by atoms with van der Waals surface area (Å²) < 4.78 is 0. The Hall–Kier alpha value is -1.49. The Balaban J connectivity index is 1.76. The van der Waals surface area contributed by atoms with Gasteiger partial charge in [-0.3, -0.25) is 9.59 Å². The highest BCUT2D eigenvalue weighted by Gasteiger charge is 2.26. The highest BCUT2D eigenvalue weighted by Crippen LogP contribution is 2.24. The molecule has 2 rings (SSSR count). The summed E-state index contributed by atoms with van der Waals surface area (Å²) in [7, 11) is 1.90. The van der Waals surface area contributed by atoms with Crippen LogP contribution in [0.3, 0.4) is 0 Å². The van der Waals surface area contributed by atoms with Crippen LogP contribution in [0, 0.1) is 6.92 Å². The molecule has 1 saturated carbocycles. The molecule has 24 heavy (non-hydrogen) atoms. The fourth-order valence-electron chi connectivity index (χ4n) is 3.04. The number of carbonyl (C=O) groups is 2. The molecule has 1 unspecified atom stereocenters. The van der Waals surface area contributed by atoms with Crippen LogP contribution >= 0.6 is 11.8 Å². The van der Waals surface area contributed by atoms with Crippen molar-refractivity contribution in [3.05, 3.63) is 29.8 Å². The SMILES string of the molecule is Cc1ccc(NC(=O)CSC(C)C(=O)N(C)C2CCCCC2)cc1. The van der Waals surface area contributed by atoms with Gasteiger partial charge in [0.15, 0.2) is 0 Å². The first-order valence-electron chi connectivity index (χ1n) is 8.72. The number of thioether (sulfide) groups is 1. The quantitative estimate of drug-likeness (QED) is 0.849. The zero-order chi connectivity index (χ0) is 17.5. The van der Waals surface area contributed by atoms with Crippen LogP contribution in [0.25, 0.3) is 0 Å². The molecule has 2 amide bonds. The number of aryl methyl sites for hydroxylation is 1. The molecule has 0 saturated heterocycles. The van der Waals surface area contributed by atoms with Gasteiger partial charge in [-0.25, -0.2) is 0 Å². The van der Waals surface area contributed by atoms with Crippen LogP contribution in [0.2, 0.25) is 0 Å². The average molecular weight is 349 g/mol. The van der Waals surface area contributed by atoms with E-state index < -0.39 is 0 Å². The number of rotatable bonds is 6. The standard InChI is InChI=1S/C19H28N2O2S/c1-14-9-11-16(12-10-14)20-18(22)13-24-15(2)19(23)21(3)17-7-5-4-6-8-17/h9-12,15,17H,4-8,13H2,1-3H3,(H,20,22). The highest BCUT2D eigenvalue weighted by molar-refractivity contribution is 8.01. The second kappa shape index (κ2) is 9.11. The summed E-state index contributed by atoms with van der Waals surface area (Å²) in [6, 6.07) is 8.09. The molecular weight excluding hydrogens is 320 g/mol. The van der Waals surface area contributed by atoms with Gasteiger partial charge in [0.2, 0.25) is 11.8 Å². The maximum absolute atomic E-state index is 12.5. The summed E-state index contributed by atoms with van der Waals surface area (Å²) in [5.41, 5.74) is 1.96. The molecule has 1 aromatic rings. The molecule has 0 aromatic heterocycles. The molecule has 0 bridgehead atoms. The summed E-state index contributed by atoms with van der Waals surface area (Å²) in [4.78, 5) is 26.5. The minimum Gasteiger partial charge on any atom is -0.342 e. The van der Waals surface area contributed by atoms with Crippen LogP contribution in [0.4, 0.5) is 5.69 Å². The molecule has 1 N–H and O–H groups in total. The van der Waals surface area contributed by atoms with Gasteiger partial charge in [0, 0.05) is 18.8 Å². The van der Waals surface area contributed by atoms with Crippen LogP contribution in [-0.4, -0.2) is 40.8 Å². The lowest BCUT2D eigenvalue weighted by Crippen LogP contribution is -2.42. The first-order valence-corrected chi connectivity index (χ1v) is 9.77. The van der Waals surface area contributed by atoms with Gasteiger partial charge >= 0.3 is 0 Å². The van der Waals surface area contributed by atoms with Crippen molar-refractivity contribution in [1.29, 1.82) is 0 Å². The third-order valence-corrected chi connectivity index (χ3v) is 5.75. The Bertz CT molecular complexity index is 553. The normalized spacial score (nSPS) is 16.5. The van der Waals surface area contributed by atoms with E-state index in [2.05, 4.69) is 5.32 Å². The molecule has 0 heterocycles. The first-order chi connectivity index (χ1) is 11.5. The lowest BCUT2D eigenvalue weighted by molar-refractivity contribution is -0.131. The molecule has 0 aliphatic heterocycles. The summed E-state index contributed by atoms with van der Waals surface area (Å²) in [5, 5.41) is 2.68. The summed E-state index contributed by atoms with van der Waals surface area (Å²) in [6.45, 7) is 3.91. The third-order valence-electron chi connectivity index (χ3n) is 4.62. The van der Waals surface area contributed by atoms with Crippen molar-refractivity contribution in [2.45, 2.75) is 57.2 Å². The van der Waals surface area contributed by atoms with E-state index in [1.807, 2.05) is 50.1 Å².